The second kappa shape index (κ2) is 7.88. The standard InChI is InChI=1S/C14H20N4O6/c15-11(19)1-2-12(20)18-3-4-23-8-14(22,7-18)6-17-13(21)10-5-16-9-24-10/h5,9,22H,1-4,6-8H2,(H2,15,19)(H,17,21)/t14-/m0/s1. The Labute approximate surface area is 137 Å². The summed E-state index contributed by atoms with van der Waals surface area (Å²) in [6, 6.07) is 0. The molecule has 0 radical (unpaired) electrons. The predicted octanol–water partition coefficient (Wildman–Crippen LogP) is -1.74. The van der Waals surface area contributed by atoms with E-state index in [0.717, 1.165) is 6.39 Å². The number of primary amides is 1. The molecule has 2 heterocycles. The van der Waals surface area contributed by atoms with E-state index in [4.69, 9.17) is 14.9 Å². The third-order valence-electron chi connectivity index (χ3n) is 3.53. The Morgan fingerprint density at radius 2 is 2.21 bits per heavy atom. The van der Waals surface area contributed by atoms with Crippen LogP contribution >= 0.6 is 0 Å². The number of carbonyl (C=O) groups excluding carboxylic acids is 3. The average molecular weight is 340 g/mol. The van der Waals surface area contributed by atoms with Crippen LogP contribution in [-0.4, -0.2) is 71.2 Å². The summed E-state index contributed by atoms with van der Waals surface area (Å²) < 4.78 is 10.2. The van der Waals surface area contributed by atoms with Crippen molar-refractivity contribution >= 4 is 17.7 Å². The van der Waals surface area contributed by atoms with Gasteiger partial charge in [-0.15, -0.1) is 0 Å². The number of rotatable bonds is 6. The fourth-order valence-corrected chi connectivity index (χ4v) is 2.28. The van der Waals surface area contributed by atoms with Crippen LogP contribution in [0.15, 0.2) is 17.0 Å². The van der Waals surface area contributed by atoms with E-state index in [2.05, 4.69) is 10.3 Å². The molecule has 2 rings (SSSR count). The minimum atomic E-state index is -1.45. The third-order valence-corrected chi connectivity index (χ3v) is 3.53. The molecule has 1 aromatic heterocycles. The number of hydrogen-bond acceptors (Lipinski definition) is 7. The molecule has 0 bridgehead atoms. The Hall–Kier alpha value is -2.46. The van der Waals surface area contributed by atoms with Crippen molar-refractivity contribution in [3.63, 3.8) is 0 Å². The van der Waals surface area contributed by atoms with E-state index in [1.165, 1.54) is 11.1 Å². The topological polar surface area (TPSA) is 148 Å². The highest BCUT2D eigenvalue weighted by molar-refractivity contribution is 5.91. The van der Waals surface area contributed by atoms with Crippen LogP contribution in [0.25, 0.3) is 0 Å². The summed E-state index contributed by atoms with van der Waals surface area (Å²) in [5.74, 6) is -1.39. The number of nitrogens with zero attached hydrogens (tertiary/aromatic N) is 2. The fraction of sp³-hybridized carbons (Fsp3) is 0.571. The van der Waals surface area contributed by atoms with Crippen LogP contribution < -0.4 is 11.1 Å². The smallest absolute Gasteiger partial charge is 0.288 e. The lowest BCUT2D eigenvalue weighted by Gasteiger charge is -2.30. The quantitative estimate of drug-likeness (QED) is 0.556. The summed E-state index contributed by atoms with van der Waals surface area (Å²) in [4.78, 5) is 39.8. The molecular weight excluding hydrogens is 320 g/mol. The van der Waals surface area contributed by atoms with Gasteiger partial charge in [-0.2, -0.15) is 0 Å². The molecule has 24 heavy (non-hydrogen) atoms. The Kier molecular flexibility index (Phi) is 5.88. The van der Waals surface area contributed by atoms with Gasteiger partial charge in [0.2, 0.25) is 17.6 Å². The van der Waals surface area contributed by atoms with E-state index in [1.807, 2.05) is 0 Å². The zero-order chi connectivity index (χ0) is 17.6. The number of amides is 3. The molecule has 1 saturated heterocycles. The number of β-amino-alcohol motifs (C(OH)–C–C–N with tert-alkyl or cyclic N) is 1. The molecule has 0 spiro atoms. The molecule has 10 nitrogen and oxygen atoms in total. The number of hydrogen-bond donors (Lipinski definition) is 3. The van der Waals surface area contributed by atoms with Crippen molar-refractivity contribution in [2.45, 2.75) is 18.4 Å². The molecule has 3 amide bonds. The monoisotopic (exact) mass is 340 g/mol. The Morgan fingerprint density at radius 1 is 1.42 bits per heavy atom. The highest BCUT2D eigenvalue weighted by Gasteiger charge is 2.35. The van der Waals surface area contributed by atoms with Crippen LogP contribution in [0.5, 0.6) is 0 Å². The largest absolute Gasteiger partial charge is 0.438 e. The van der Waals surface area contributed by atoms with E-state index in [0.29, 0.717) is 0 Å². The summed E-state index contributed by atoms with van der Waals surface area (Å²) >= 11 is 0. The Bertz CT molecular complexity index is 590. The Balaban J connectivity index is 1.93. The summed E-state index contributed by atoms with van der Waals surface area (Å²) in [6.45, 7) is 0.341. The van der Waals surface area contributed by atoms with Gasteiger partial charge in [-0.05, 0) is 0 Å². The van der Waals surface area contributed by atoms with E-state index in [9.17, 15) is 19.5 Å². The number of aromatic nitrogens is 1. The van der Waals surface area contributed by atoms with Crippen molar-refractivity contribution in [3.8, 4) is 0 Å². The van der Waals surface area contributed by atoms with Gasteiger partial charge in [0.05, 0.1) is 32.5 Å². The van der Waals surface area contributed by atoms with Crippen LogP contribution in [0.1, 0.15) is 23.4 Å². The first-order chi connectivity index (χ1) is 11.4. The highest BCUT2D eigenvalue weighted by atomic mass is 16.5. The Morgan fingerprint density at radius 3 is 2.88 bits per heavy atom. The third kappa shape index (κ3) is 5.03. The first-order valence-corrected chi connectivity index (χ1v) is 7.42. The number of nitrogens with one attached hydrogen (secondary N) is 1. The normalized spacial score (nSPS) is 21.1. The van der Waals surface area contributed by atoms with E-state index in [1.54, 1.807) is 0 Å². The van der Waals surface area contributed by atoms with Crippen LogP contribution in [0.2, 0.25) is 0 Å². The van der Waals surface area contributed by atoms with E-state index in [-0.39, 0.29) is 57.4 Å². The van der Waals surface area contributed by atoms with Crippen molar-refractivity contribution in [2.75, 3.05) is 32.8 Å². The minimum Gasteiger partial charge on any atom is -0.438 e. The van der Waals surface area contributed by atoms with Gasteiger partial charge in [-0.25, -0.2) is 4.98 Å². The van der Waals surface area contributed by atoms with Crippen LogP contribution in [0.4, 0.5) is 0 Å². The maximum Gasteiger partial charge on any atom is 0.288 e. The molecule has 4 N–H and O–H groups in total. The number of aliphatic hydroxyl groups is 1. The molecule has 1 fully saturated rings. The molecule has 1 aliphatic heterocycles. The minimum absolute atomic E-state index is 0.0162. The summed E-state index contributed by atoms with van der Waals surface area (Å²) in [5, 5.41) is 13.1. The lowest BCUT2D eigenvalue weighted by molar-refractivity contribution is -0.135. The first kappa shape index (κ1) is 17.9. The van der Waals surface area contributed by atoms with Crippen LogP contribution in [0, 0.1) is 0 Å². The van der Waals surface area contributed by atoms with Crippen molar-refractivity contribution < 1.29 is 28.6 Å². The number of oxazole rings is 1. The van der Waals surface area contributed by atoms with Gasteiger partial charge in [0, 0.05) is 19.4 Å². The maximum atomic E-state index is 12.1. The molecule has 0 aromatic carbocycles. The fourth-order valence-electron chi connectivity index (χ4n) is 2.28. The summed E-state index contributed by atoms with van der Waals surface area (Å²) in [6.07, 6.45) is 2.28. The van der Waals surface area contributed by atoms with Crippen molar-refractivity contribution in [1.29, 1.82) is 0 Å². The zero-order valence-electron chi connectivity index (χ0n) is 13.1. The maximum absolute atomic E-state index is 12.1. The molecule has 1 atom stereocenters. The highest BCUT2D eigenvalue weighted by Crippen LogP contribution is 2.13. The molecule has 0 aliphatic carbocycles. The van der Waals surface area contributed by atoms with Crippen LogP contribution in [-0.2, 0) is 14.3 Å². The zero-order valence-corrected chi connectivity index (χ0v) is 13.1. The van der Waals surface area contributed by atoms with Gasteiger partial charge in [-0.1, -0.05) is 0 Å². The molecule has 0 unspecified atom stereocenters. The van der Waals surface area contributed by atoms with Gasteiger partial charge in [-0.3, -0.25) is 14.4 Å². The number of ether oxygens (including phenoxy) is 1. The number of nitrogens with two attached hydrogens (primary N) is 1. The van der Waals surface area contributed by atoms with Gasteiger partial charge < -0.3 is 30.2 Å². The van der Waals surface area contributed by atoms with Crippen molar-refractivity contribution in [2.24, 2.45) is 5.73 Å². The number of carbonyl (C=O) groups is 3. The molecule has 1 aromatic rings. The van der Waals surface area contributed by atoms with Crippen LogP contribution in [0.3, 0.4) is 0 Å². The lowest BCUT2D eigenvalue weighted by atomic mass is 10.0. The summed E-state index contributed by atoms with van der Waals surface area (Å²) in [5.41, 5.74) is 3.59. The molecule has 10 heteroatoms. The van der Waals surface area contributed by atoms with E-state index < -0.39 is 17.4 Å². The van der Waals surface area contributed by atoms with Crippen molar-refractivity contribution in [1.82, 2.24) is 15.2 Å². The van der Waals surface area contributed by atoms with Crippen molar-refractivity contribution in [3.05, 3.63) is 18.4 Å². The molecule has 0 saturated carbocycles. The van der Waals surface area contributed by atoms with Gasteiger partial charge in [0.1, 0.15) is 5.60 Å². The average Bonchev–Trinajstić information content (AvgIpc) is 3.01. The predicted molar refractivity (Wildman–Crippen MR) is 79.6 cm³/mol. The van der Waals surface area contributed by atoms with Gasteiger partial charge in [0.15, 0.2) is 6.39 Å². The molecule has 1 aliphatic rings. The SMILES string of the molecule is NC(=O)CCC(=O)N1CCOC[C@](O)(CNC(=O)c2cnco2)C1. The summed E-state index contributed by atoms with van der Waals surface area (Å²) in [7, 11) is 0. The van der Waals surface area contributed by atoms with Gasteiger partial charge >= 0.3 is 0 Å². The first-order valence-electron chi connectivity index (χ1n) is 7.42. The second-order valence-corrected chi connectivity index (χ2v) is 5.61. The molecular formula is C14H20N4O6. The van der Waals surface area contributed by atoms with E-state index >= 15 is 0 Å². The van der Waals surface area contributed by atoms with Gasteiger partial charge in [0.25, 0.3) is 5.91 Å². The molecule has 132 valence electrons. The lowest BCUT2D eigenvalue weighted by Crippen LogP contribution is -2.53. The second-order valence-electron chi connectivity index (χ2n) is 5.61.